The Morgan fingerprint density at radius 1 is 1.47 bits per heavy atom. The van der Waals surface area contributed by atoms with Crippen molar-refractivity contribution < 1.29 is 4.79 Å². The first-order chi connectivity index (χ1) is 7.99. The van der Waals surface area contributed by atoms with E-state index in [0.29, 0.717) is 21.9 Å². The summed E-state index contributed by atoms with van der Waals surface area (Å²) in [6, 6.07) is 0. The van der Waals surface area contributed by atoms with Crippen LogP contribution in [0.15, 0.2) is 6.20 Å². The van der Waals surface area contributed by atoms with Crippen molar-refractivity contribution in [1.29, 1.82) is 0 Å². The molecule has 6 heteroatoms. The molecule has 2 unspecified atom stereocenters. The Bertz CT molecular complexity index is 421. The van der Waals surface area contributed by atoms with Gasteiger partial charge in [0.15, 0.2) is 0 Å². The van der Waals surface area contributed by atoms with E-state index in [4.69, 9.17) is 5.73 Å². The molecule has 2 atom stereocenters. The van der Waals surface area contributed by atoms with Gasteiger partial charge in [-0.1, -0.05) is 13.8 Å². The number of hydrogen-bond donors (Lipinski definition) is 1. The van der Waals surface area contributed by atoms with Crippen molar-refractivity contribution in [3.63, 3.8) is 0 Å². The smallest absolute Gasteiger partial charge is 0.259 e. The minimum absolute atomic E-state index is 0.00500. The monoisotopic (exact) mass is 254 g/mol. The lowest BCUT2D eigenvalue weighted by Crippen LogP contribution is -2.44. The average molecular weight is 254 g/mol. The van der Waals surface area contributed by atoms with Gasteiger partial charge in [-0.2, -0.15) is 16.9 Å². The first kappa shape index (κ1) is 12.3. The molecular formula is C11H18N4OS. The Kier molecular flexibility index (Phi) is 3.33. The number of carbonyl (C=O) groups excluding carboxylic acids is 1. The summed E-state index contributed by atoms with van der Waals surface area (Å²) in [4.78, 5) is 14.2. The minimum atomic E-state index is -0.00500. The van der Waals surface area contributed by atoms with E-state index in [1.54, 1.807) is 13.2 Å². The summed E-state index contributed by atoms with van der Waals surface area (Å²) >= 11 is 1.92. The molecule has 0 aliphatic carbocycles. The molecule has 1 aromatic rings. The van der Waals surface area contributed by atoms with Gasteiger partial charge in [0.05, 0.1) is 6.20 Å². The maximum atomic E-state index is 12.3. The lowest BCUT2D eigenvalue weighted by Gasteiger charge is -2.34. The molecule has 5 nitrogen and oxygen atoms in total. The molecule has 0 bridgehead atoms. The van der Waals surface area contributed by atoms with Gasteiger partial charge < -0.3 is 10.6 Å². The Morgan fingerprint density at radius 3 is 2.53 bits per heavy atom. The van der Waals surface area contributed by atoms with Gasteiger partial charge in [0, 0.05) is 30.6 Å². The first-order valence-electron chi connectivity index (χ1n) is 5.71. The van der Waals surface area contributed by atoms with Gasteiger partial charge in [-0.15, -0.1) is 0 Å². The number of nitrogens with zero attached hydrogens (tertiary/aromatic N) is 3. The Hall–Kier alpha value is -1.17. The first-order valence-corrected chi connectivity index (χ1v) is 6.65. The topological polar surface area (TPSA) is 64.2 Å². The maximum absolute atomic E-state index is 12.3. The lowest BCUT2D eigenvalue weighted by molar-refractivity contribution is 0.0754. The molecule has 1 aliphatic heterocycles. The number of nitrogen functional groups attached to an aromatic ring is 1. The third-order valence-electron chi connectivity index (χ3n) is 2.92. The molecule has 1 fully saturated rings. The van der Waals surface area contributed by atoms with E-state index in [9.17, 15) is 4.79 Å². The van der Waals surface area contributed by atoms with Crippen LogP contribution in [0.25, 0.3) is 0 Å². The summed E-state index contributed by atoms with van der Waals surface area (Å²) in [6.07, 6.45) is 1.55. The van der Waals surface area contributed by atoms with Crippen molar-refractivity contribution in [2.45, 2.75) is 24.3 Å². The molecule has 0 saturated carbocycles. The highest BCUT2D eigenvalue weighted by atomic mass is 32.2. The number of hydrogen-bond acceptors (Lipinski definition) is 4. The number of nitrogens with two attached hydrogens (primary N) is 1. The van der Waals surface area contributed by atoms with E-state index >= 15 is 0 Å². The van der Waals surface area contributed by atoms with Crippen LogP contribution >= 0.6 is 11.8 Å². The quantitative estimate of drug-likeness (QED) is 0.811. The van der Waals surface area contributed by atoms with Crippen molar-refractivity contribution in [2.24, 2.45) is 7.05 Å². The SMILES string of the molecule is CC1CN(C(=O)c2cnn(C)c2N)CC(C)S1. The van der Waals surface area contributed by atoms with E-state index in [0.717, 1.165) is 13.1 Å². The fraction of sp³-hybridized carbons (Fsp3) is 0.636. The molecule has 0 spiro atoms. The van der Waals surface area contributed by atoms with Crippen molar-refractivity contribution >= 4 is 23.5 Å². The largest absolute Gasteiger partial charge is 0.383 e. The highest BCUT2D eigenvalue weighted by Gasteiger charge is 2.28. The van der Waals surface area contributed by atoms with Gasteiger partial charge in [-0.3, -0.25) is 9.48 Å². The highest BCUT2D eigenvalue weighted by molar-refractivity contribution is 8.00. The highest BCUT2D eigenvalue weighted by Crippen LogP contribution is 2.26. The van der Waals surface area contributed by atoms with Crippen molar-refractivity contribution in [1.82, 2.24) is 14.7 Å². The van der Waals surface area contributed by atoms with E-state index in [-0.39, 0.29) is 5.91 Å². The molecule has 1 saturated heterocycles. The van der Waals surface area contributed by atoms with Crippen molar-refractivity contribution in [2.75, 3.05) is 18.8 Å². The lowest BCUT2D eigenvalue weighted by atomic mass is 10.2. The Morgan fingerprint density at radius 2 is 2.06 bits per heavy atom. The van der Waals surface area contributed by atoms with E-state index in [1.807, 2.05) is 16.7 Å². The number of carbonyl (C=O) groups is 1. The normalized spacial score (nSPS) is 25.0. The fourth-order valence-electron chi connectivity index (χ4n) is 2.13. The molecule has 2 rings (SSSR count). The molecule has 1 amide bonds. The molecule has 94 valence electrons. The summed E-state index contributed by atoms with van der Waals surface area (Å²) in [6.45, 7) is 5.85. The molecule has 0 aromatic carbocycles. The van der Waals surface area contributed by atoms with Gasteiger partial charge in [0.2, 0.25) is 0 Å². The number of rotatable bonds is 1. The number of aromatic nitrogens is 2. The van der Waals surface area contributed by atoms with E-state index in [1.165, 1.54) is 4.68 Å². The second-order valence-corrected chi connectivity index (χ2v) is 6.42. The number of amides is 1. The zero-order valence-electron chi connectivity index (χ0n) is 10.4. The van der Waals surface area contributed by atoms with Crippen LogP contribution in [0.4, 0.5) is 5.82 Å². The van der Waals surface area contributed by atoms with Gasteiger partial charge in [0.1, 0.15) is 11.4 Å². The van der Waals surface area contributed by atoms with E-state index < -0.39 is 0 Å². The predicted molar refractivity (Wildman–Crippen MR) is 70.0 cm³/mol. The second-order valence-electron chi connectivity index (χ2n) is 4.53. The zero-order chi connectivity index (χ0) is 12.6. The van der Waals surface area contributed by atoms with Crippen LogP contribution in [0.1, 0.15) is 24.2 Å². The Labute approximate surface area is 105 Å². The standard InChI is InChI=1S/C11H18N4OS/c1-7-5-15(6-8(2)17-7)11(16)9-4-13-14(3)10(9)12/h4,7-8H,5-6,12H2,1-3H3. The van der Waals surface area contributed by atoms with E-state index in [2.05, 4.69) is 18.9 Å². The molecule has 1 aromatic heterocycles. The van der Waals surface area contributed by atoms with Gasteiger partial charge in [-0.05, 0) is 0 Å². The van der Waals surface area contributed by atoms with Crippen LogP contribution in [0.5, 0.6) is 0 Å². The summed E-state index contributed by atoms with van der Waals surface area (Å²) < 4.78 is 1.53. The molecule has 1 aliphatic rings. The van der Waals surface area contributed by atoms with Crippen LogP contribution < -0.4 is 5.73 Å². The fourth-order valence-corrected chi connectivity index (χ4v) is 3.45. The predicted octanol–water partition coefficient (Wildman–Crippen LogP) is 0.968. The van der Waals surface area contributed by atoms with Crippen LogP contribution in [0, 0.1) is 0 Å². The van der Waals surface area contributed by atoms with Crippen LogP contribution in [0.3, 0.4) is 0 Å². The van der Waals surface area contributed by atoms with Crippen LogP contribution in [0.2, 0.25) is 0 Å². The average Bonchev–Trinajstić information content (AvgIpc) is 2.57. The molecule has 17 heavy (non-hydrogen) atoms. The summed E-state index contributed by atoms with van der Waals surface area (Å²) in [7, 11) is 1.74. The van der Waals surface area contributed by atoms with Crippen LogP contribution in [-0.4, -0.2) is 44.2 Å². The van der Waals surface area contributed by atoms with Crippen molar-refractivity contribution in [3.05, 3.63) is 11.8 Å². The second kappa shape index (κ2) is 4.60. The third-order valence-corrected chi connectivity index (χ3v) is 4.15. The summed E-state index contributed by atoms with van der Waals surface area (Å²) in [5.41, 5.74) is 6.34. The van der Waals surface area contributed by atoms with Gasteiger partial charge in [0.25, 0.3) is 5.91 Å². The third kappa shape index (κ3) is 2.41. The molecule has 2 heterocycles. The summed E-state index contributed by atoms with van der Waals surface area (Å²) in [5, 5.41) is 4.95. The molecular weight excluding hydrogens is 236 g/mol. The van der Waals surface area contributed by atoms with Gasteiger partial charge in [-0.25, -0.2) is 0 Å². The number of anilines is 1. The van der Waals surface area contributed by atoms with Gasteiger partial charge >= 0.3 is 0 Å². The molecule has 0 radical (unpaired) electrons. The molecule has 2 N–H and O–H groups in total. The van der Waals surface area contributed by atoms with Crippen molar-refractivity contribution in [3.8, 4) is 0 Å². The Balaban J connectivity index is 2.17. The zero-order valence-corrected chi connectivity index (χ0v) is 11.2. The number of thioether (sulfide) groups is 1. The minimum Gasteiger partial charge on any atom is -0.383 e. The maximum Gasteiger partial charge on any atom is 0.259 e. The summed E-state index contributed by atoms with van der Waals surface area (Å²) in [5.74, 6) is 0.433. The van der Waals surface area contributed by atoms with Crippen LogP contribution in [-0.2, 0) is 7.05 Å². The number of aryl methyl sites for hydroxylation is 1.